The zero-order valence-corrected chi connectivity index (χ0v) is 13.9. The van der Waals surface area contributed by atoms with Crippen molar-refractivity contribution in [1.82, 2.24) is 4.57 Å². The van der Waals surface area contributed by atoms with E-state index in [-0.39, 0.29) is 4.08 Å². The van der Waals surface area contributed by atoms with Crippen LogP contribution in [0, 0.1) is 18.3 Å². The van der Waals surface area contributed by atoms with Crippen molar-refractivity contribution in [3.05, 3.63) is 58.9 Å². The van der Waals surface area contributed by atoms with Crippen LogP contribution in [-0.4, -0.2) is 16.1 Å². The number of hydrogen-bond acceptors (Lipinski definition) is 3. The maximum absolute atomic E-state index is 8.97. The maximum Gasteiger partial charge on any atom is 0.127 e. The fourth-order valence-corrected chi connectivity index (χ4v) is 6.49. The number of aromatic nitrogens is 1. The molecule has 0 N–H and O–H groups in total. The van der Waals surface area contributed by atoms with E-state index in [2.05, 4.69) is 61.0 Å². The highest BCUT2D eigenvalue weighted by molar-refractivity contribution is 8.20. The van der Waals surface area contributed by atoms with Gasteiger partial charge in [-0.05, 0) is 30.2 Å². The van der Waals surface area contributed by atoms with E-state index >= 15 is 0 Å². The lowest BCUT2D eigenvalue weighted by Gasteiger charge is -2.30. The van der Waals surface area contributed by atoms with Crippen molar-refractivity contribution < 1.29 is 0 Å². The molecule has 1 fully saturated rings. The molecule has 0 atom stereocenters. The number of thioether (sulfide) groups is 2. The molecular weight excluding hydrogens is 296 g/mol. The van der Waals surface area contributed by atoms with Gasteiger partial charge in [0.1, 0.15) is 4.08 Å². The molecule has 108 valence electrons. The molecule has 0 unspecified atom stereocenters. The summed E-state index contributed by atoms with van der Waals surface area (Å²) in [5.41, 5.74) is 5.12. The summed E-state index contributed by atoms with van der Waals surface area (Å²) in [5, 5.41) is 8.97. The van der Waals surface area contributed by atoms with Gasteiger partial charge in [0.25, 0.3) is 0 Å². The Labute approximate surface area is 134 Å². The molecule has 0 saturated carbocycles. The number of rotatable bonds is 3. The summed E-state index contributed by atoms with van der Waals surface area (Å²) in [5.74, 6) is 2.33. The number of hydrogen-bond donors (Lipinski definition) is 0. The SMILES string of the molecule is Cc1ccccc1C1(c2ccc(CC#N)n2C)SCCS1. The van der Waals surface area contributed by atoms with Crippen molar-refractivity contribution in [3.8, 4) is 6.07 Å². The molecule has 0 radical (unpaired) electrons. The van der Waals surface area contributed by atoms with Crippen molar-refractivity contribution in [2.24, 2.45) is 7.05 Å². The molecule has 2 heterocycles. The van der Waals surface area contributed by atoms with Crippen molar-refractivity contribution in [2.75, 3.05) is 11.5 Å². The molecule has 1 aromatic heterocycles. The third-order valence-electron chi connectivity index (χ3n) is 4.02. The molecule has 1 aromatic carbocycles. The van der Waals surface area contributed by atoms with Crippen LogP contribution in [0.1, 0.15) is 22.5 Å². The Morgan fingerprint density at radius 1 is 1.19 bits per heavy atom. The summed E-state index contributed by atoms with van der Waals surface area (Å²) in [6.07, 6.45) is 0.468. The van der Waals surface area contributed by atoms with E-state index in [4.69, 9.17) is 5.26 Å². The first-order chi connectivity index (χ1) is 10.2. The third kappa shape index (κ3) is 2.39. The molecule has 0 spiro atoms. The van der Waals surface area contributed by atoms with Crippen molar-refractivity contribution in [1.29, 1.82) is 5.26 Å². The average Bonchev–Trinajstić information content (AvgIpc) is 3.09. The average molecular weight is 314 g/mol. The van der Waals surface area contributed by atoms with Crippen LogP contribution in [0.5, 0.6) is 0 Å². The highest BCUT2D eigenvalue weighted by Gasteiger charge is 2.42. The first kappa shape index (κ1) is 14.6. The Morgan fingerprint density at radius 3 is 2.57 bits per heavy atom. The highest BCUT2D eigenvalue weighted by atomic mass is 32.2. The van der Waals surface area contributed by atoms with Gasteiger partial charge in [0, 0.05) is 29.9 Å². The van der Waals surface area contributed by atoms with Crippen LogP contribution < -0.4 is 0 Å². The Bertz CT molecular complexity index is 691. The summed E-state index contributed by atoms with van der Waals surface area (Å²) in [7, 11) is 2.08. The smallest absolute Gasteiger partial charge is 0.127 e. The topological polar surface area (TPSA) is 28.7 Å². The van der Waals surface area contributed by atoms with Gasteiger partial charge in [-0.25, -0.2) is 0 Å². The summed E-state index contributed by atoms with van der Waals surface area (Å²) in [6.45, 7) is 2.19. The molecule has 0 aliphatic carbocycles. The molecule has 0 bridgehead atoms. The normalized spacial score (nSPS) is 16.8. The Hall–Kier alpha value is -1.31. The van der Waals surface area contributed by atoms with E-state index in [0.29, 0.717) is 6.42 Å². The number of aryl methyl sites for hydroxylation is 1. The number of nitrogens with zero attached hydrogens (tertiary/aromatic N) is 2. The minimum atomic E-state index is -0.0339. The fraction of sp³-hybridized carbons (Fsp3) is 0.353. The summed E-state index contributed by atoms with van der Waals surface area (Å²) in [6, 6.07) is 15.2. The predicted octanol–water partition coefficient (Wildman–Crippen LogP) is 4.08. The number of nitriles is 1. The lowest BCUT2D eigenvalue weighted by atomic mass is 10.0. The Kier molecular flexibility index (Phi) is 4.05. The van der Waals surface area contributed by atoms with Crippen LogP contribution in [0.3, 0.4) is 0 Å². The van der Waals surface area contributed by atoms with Crippen LogP contribution in [0.4, 0.5) is 0 Å². The standard InChI is InChI=1S/C17H18N2S2/c1-13-5-3-4-6-15(13)17(20-11-12-21-17)16-8-7-14(9-10-18)19(16)2/h3-8H,9,11-12H2,1-2H3. The molecule has 3 rings (SSSR count). The molecule has 1 aliphatic heterocycles. The number of benzene rings is 1. The minimum absolute atomic E-state index is 0.0339. The van der Waals surface area contributed by atoms with Crippen LogP contribution in [0.25, 0.3) is 0 Å². The first-order valence-electron chi connectivity index (χ1n) is 7.05. The lowest BCUT2D eigenvalue weighted by Crippen LogP contribution is -2.22. The van der Waals surface area contributed by atoms with Gasteiger partial charge < -0.3 is 4.57 Å². The third-order valence-corrected chi connectivity index (χ3v) is 7.47. The molecule has 1 saturated heterocycles. The van der Waals surface area contributed by atoms with E-state index in [0.717, 1.165) is 17.2 Å². The summed E-state index contributed by atoms with van der Waals surface area (Å²) < 4.78 is 2.18. The Balaban J connectivity index is 2.15. The van der Waals surface area contributed by atoms with Crippen molar-refractivity contribution in [2.45, 2.75) is 17.4 Å². The van der Waals surface area contributed by atoms with Crippen LogP contribution in [0.2, 0.25) is 0 Å². The zero-order chi connectivity index (χ0) is 14.9. The van der Waals surface area contributed by atoms with Gasteiger partial charge in [-0.15, -0.1) is 23.5 Å². The van der Waals surface area contributed by atoms with Gasteiger partial charge in [-0.2, -0.15) is 5.26 Å². The second-order valence-electron chi connectivity index (χ2n) is 5.23. The van der Waals surface area contributed by atoms with Crippen molar-refractivity contribution in [3.63, 3.8) is 0 Å². The zero-order valence-electron chi connectivity index (χ0n) is 12.3. The maximum atomic E-state index is 8.97. The molecule has 0 amide bonds. The minimum Gasteiger partial charge on any atom is -0.348 e. The van der Waals surface area contributed by atoms with Gasteiger partial charge in [0.2, 0.25) is 0 Å². The summed E-state index contributed by atoms with van der Waals surface area (Å²) >= 11 is 4.03. The molecule has 1 aliphatic rings. The van der Waals surface area contributed by atoms with E-state index in [1.54, 1.807) is 0 Å². The van der Waals surface area contributed by atoms with E-state index in [9.17, 15) is 0 Å². The highest BCUT2D eigenvalue weighted by Crippen LogP contribution is 2.57. The van der Waals surface area contributed by atoms with Crippen molar-refractivity contribution >= 4 is 23.5 Å². The quantitative estimate of drug-likeness (QED) is 0.854. The van der Waals surface area contributed by atoms with Gasteiger partial charge in [-0.3, -0.25) is 0 Å². The monoisotopic (exact) mass is 314 g/mol. The van der Waals surface area contributed by atoms with Crippen LogP contribution in [0.15, 0.2) is 36.4 Å². The first-order valence-corrected chi connectivity index (χ1v) is 9.02. The molecule has 21 heavy (non-hydrogen) atoms. The Morgan fingerprint density at radius 2 is 1.90 bits per heavy atom. The van der Waals surface area contributed by atoms with Gasteiger partial charge in [0.05, 0.1) is 12.5 Å². The van der Waals surface area contributed by atoms with Gasteiger partial charge >= 0.3 is 0 Å². The molecule has 2 aromatic rings. The van der Waals surface area contributed by atoms with E-state index in [1.165, 1.54) is 16.8 Å². The van der Waals surface area contributed by atoms with Gasteiger partial charge in [0.15, 0.2) is 0 Å². The van der Waals surface area contributed by atoms with Crippen LogP contribution >= 0.6 is 23.5 Å². The van der Waals surface area contributed by atoms with E-state index in [1.807, 2.05) is 23.5 Å². The lowest BCUT2D eigenvalue weighted by molar-refractivity contribution is 0.782. The second kappa shape index (κ2) is 5.82. The summed E-state index contributed by atoms with van der Waals surface area (Å²) in [4.78, 5) is 0. The van der Waals surface area contributed by atoms with E-state index < -0.39 is 0 Å². The predicted molar refractivity (Wildman–Crippen MR) is 91.6 cm³/mol. The van der Waals surface area contributed by atoms with Gasteiger partial charge in [-0.1, -0.05) is 24.3 Å². The fourth-order valence-electron chi connectivity index (χ4n) is 2.94. The van der Waals surface area contributed by atoms with Crippen LogP contribution in [-0.2, 0) is 17.5 Å². The molecule has 2 nitrogen and oxygen atoms in total. The largest absolute Gasteiger partial charge is 0.348 e. The molecular formula is C17H18N2S2. The second-order valence-corrected chi connectivity index (χ2v) is 8.11. The molecule has 4 heteroatoms.